The van der Waals surface area contributed by atoms with Crippen LogP contribution in [0.4, 0.5) is 10.1 Å². The van der Waals surface area contributed by atoms with E-state index in [4.69, 9.17) is 4.74 Å². The first kappa shape index (κ1) is 19.8. The lowest BCUT2D eigenvalue weighted by Crippen LogP contribution is -2.41. The molecule has 5 nitrogen and oxygen atoms in total. The van der Waals surface area contributed by atoms with Gasteiger partial charge in [0.1, 0.15) is 16.8 Å². The Balaban J connectivity index is 1.66. The van der Waals surface area contributed by atoms with Crippen LogP contribution in [0.1, 0.15) is 17.3 Å². The van der Waals surface area contributed by atoms with Crippen LogP contribution < -0.4 is 15.5 Å². The van der Waals surface area contributed by atoms with Crippen LogP contribution in [0, 0.1) is 12.7 Å². The van der Waals surface area contributed by atoms with Crippen LogP contribution >= 0.6 is 27.7 Å². The molecule has 1 aliphatic rings. The molecule has 2 atom stereocenters. The van der Waals surface area contributed by atoms with Crippen LogP contribution in [0.2, 0.25) is 0 Å². The Labute approximate surface area is 180 Å². The van der Waals surface area contributed by atoms with Crippen LogP contribution in [-0.2, 0) is 4.79 Å². The van der Waals surface area contributed by atoms with Gasteiger partial charge in [-0.1, -0.05) is 39.8 Å². The number of methoxy groups -OCH3 is 1. The Morgan fingerprint density at radius 3 is 2.66 bits per heavy atom. The molecule has 0 saturated carbocycles. The molecule has 0 fully saturated rings. The van der Waals surface area contributed by atoms with Crippen molar-refractivity contribution in [1.82, 2.24) is 4.68 Å². The van der Waals surface area contributed by atoms with E-state index in [1.54, 1.807) is 19.2 Å². The molecule has 8 heteroatoms. The highest BCUT2D eigenvalue weighted by Gasteiger charge is 2.36. The van der Waals surface area contributed by atoms with E-state index < -0.39 is 11.1 Å². The lowest BCUT2D eigenvalue weighted by Gasteiger charge is -2.34. The first-order valence-corrected chi connectivity index (χ1v) is 10.6. The number of halogens is 2. The van der Waals surface area contributed by atoms with Gasteiger partial charge in [-0.25, -0.2) is 4.39 Å². The molecule has 0 saturated heterocycles. The van der Waals surface area contributed by atoms with Gasteiger partial charge in [-0.15, -0.1) is 0 Å². The van der Waals surface area contributed by atoms with Gasteiger partial charge >= 0.3 is 0 Å². The topological polar surface area (TPSA) is 55.3 Å². The largest absolute Gasteiger partial charge is 0.497 e. The Hall–Kier alpha value is -2.45. The number of ether oxygens (including phenoxy) is 1. The Bertz CT molecular complexity index is 1050. The SMILES string of the molecule is COc1ccc(C2Nn3c(C)ccc3SC2C(=O)Nc2ccc(Br)cc2F)cc1. The summed E-state index contributed by atoms with van der Waals surface area (Å²) in [5.41, 5.74) is 5.57. The number of carbonyl (C=O) groups excluding carboxylic acids is 1. The average molecular weight is 476 g/mol. The first-order valence-electron chi connectivity index (χ1n) is 8.97. The van der Waals surface area contributed by atoms with E-state index >= 15 is 0 Å². The molecule has 4 rings (SSSR count). The second-order valence-electron chi connectivity index (χ2n) is 6.68. The second kappa shape index (κ2) is 8.12. The summed E-state index contributed by atoms with van der Waals surface area (Å²) in [6, 6.07) is 15.8. The van der Waals surface area contributed by atoms with Crippen molar-refractivity contribution in [2.45, 2.75) is 23.2 Å². The summed E-state index contributed by atoms with van der Waals surface area (Å²) in [5.74, 6) is -0.00987. The number of thioether (sulfide) groups is 1. The van der Waals surface area contributed by atoms with Gasteiger partial charge in [0.15, 0.2) is 0 Å². The number of nitrogens with zero attached hydrogens (tertiary/aromatic N) is 1. The molecule has 2 aromatic carbocycles. The Morgan fingerprint density at radius 1 is 1.21 bits per heavy atom. The smallest absolute Gasteiger partial charge is 0.240 e. The summed E-state index contributed by atoms with van der Waals surface area (Å²) in [6.07, 6.45) is 0. The quantitative estimate of drug-likeness (QED) is 0.550. The van der Waals surface area contributed by atoms with Crippen LogP contribution in [0.25, 0.3) is 0 Å². The number of aryl methyl sites for hydroxylation is 1. The minimum absolute atomic E-state index is 0.157. The highest BCUT2D eigenvalue weighted by Crippen LogP contribution is 2.39. The van der Waals surface area contributed by atoms with E-state index in [1.807, 2.05) is 48.0 Å². The summed E-state index contributed by atoms with van der Waals surface area (Å²) < 4.78 is 22.1. The highest BCUT2D eigenvalue weighted by molar-refractivity contribution is 9.10. The molecule has 0 spiro atoms. The molecule has 29 heavy (non-hydrogen) atoms. The lowest BCUT2D eigenvalue weighted by molar-refractivity contribution is -0.116. The number of hydrogen-bond donors (Lipinski definition) is 2. The fourth-order valence-electron chi connectivity index (χ4n) is 3.24. The number of hydrogen-bond acceptors (Lipinski definition) is 4. The van der Waals surface area contributed by atoms with Gasteiger partial charge in [-0.2, -0.15) is 0 Å². The van der Waals surface area contributed by atoms with Crippen molar-refractivity contribution in [3.8, 4) is 5.75 Å². The number of fused-ring (bicyclic) bond motifs is 1. The van der Waals surface area contributed by atoms with Crippen molar-refractivity contribution >= 4 is 39.3 Å². The van der Waals surface area contributed by atoms with Gasteiger partial charge in [-0.3, -0.25) is 9.47 Å². The fourth-order valence-corrected chi connectivity index (χ4v) is 4.80. The number of carbonyl (C=O) groups is 1. The average Bonchev–Trinajstić information content (AvgIpc) is 3.09. The summed E-state index contributed by atoms with van der Waals surface area (Å²) >= 11 is 4.68. The molecular formula is C21H19BrFN3O2S. The molecule has 1 aliphatic heterocycles. The molecule has 0 radical (unpaired) electrons. The van der Waals surface area contributed by atoms with Gasteiger partial charge in [0.05, 0.1) is 23.9 Å². The van der Waals surface area contributed by atoms with Gasteiger partial charge in [0, 0.05) is 10.2 Å². The van der Waals surface area contributed by atoms with E-state index in [0.717, 1.165) is 22.0 Å². The van der Waals surface area contributed by atoms with Crippen LogP contribution in [-0.4, -0.2) is 22.9 Å². The van der Waals surface area contributed by atoms with E-state index in [-0.39, 0.29) is 17.6 Å². The number of benzene rings is 2. The summed E-state index contributed by atoms with van der Waals surface area (Å²) in [5, 5.41) is 3.18. The molecule has 2 heterocycles. The van der Waals surface area contributed by atoms with Gasteiger partial charge in [-0.05, 0) is 55.0 Å². The highest BCUT2D eigenvalue weighted by atomic mass is 79.9. The number of aromatic nitrogens is 1. The zero-order chi connectivity index (χ0) is 20.5. The first-order chi connectivity index (χ1) is 14.0. The third kappa shape index (κ3) is 4.00. The minimum Gasteiger partial charge on any atom is -0.497 e. The zero-order valence-electron chi connectivity index (χ0n) is 15.8. The summed E-state index contributed by atoms with van der Waals surface area (Å²) in [7, 11) is 1.61. The maximum atomic E-state index is 14.2. The predicted octanol–water partition coefficient (Wildman–Crippen LogP) is 5.10. The van der Waals surface area contributed by atoms with Crippen LogP contribution in [0.5, 0.6) is 5.75 Å². The molecule has 1 aromatic heterocycles. The molecule has 3 aromatic rings. The van der Waals surface area contributed by atoms with Crippen LogP contribution in [0.15, 0.2) is 64.1 Å². The fraction of sp³-hybridized carbons (Fsp3) is 0.190. The van der Waals surface area contributed by atoms with E-state index in [1.165, 1.54) is 17.8 Å². The van der Waals surface area contributed by atoms with Crippen molar-refractivity contribution in [1.29, 1.82) is 0 Å². The van der Waals surface area contributed by atoms with Crippen molar-refractivity contribution in [3.05, 3.63) is 76.1 Å². The third-order valence-corrected chi connectivity index (χ3v) is 6.57. The Kier molecular flexibility index (Phi) is 5.56. The zero-order valence-corrected chi connectivity index (χ0v) is 18.2. The number of amides is 1. The van der Waals surface area contributed by atoms with Crippen molar-refractivity contribution in [2.75, 3.05) is 17.9 Å². The van der Waals surface area contributed by atoms with E-state index in [2.05, 4.69) is 26.7 Å². The maximum Gasteiger partial charge on any atom is 0.240 e. The molecule has 2 N–H and O–H groups in total. The summed E-state index contributed by atoms with van der Waals surface area (Å²) in [4.78, 5) is 13.1. The molecule has 2 unspecified atom stereocenters. The monoisotopic (exact) mass is 475 g/mol. The van der Waals surface area contributed by atoms with Gasteiger partial charge in [0.25, 0.3) is 0 Å². The normalized spacial score (nSPS) is 17.9. The lowest BCUT2D eigenvalue weighted by atomic mass is 10.0. The van der Waals surface area contributed by atoms with E-state index in [9.17, 15) is 9.18 Å². The maximum absolute atomic E-state index is 14.2. The third-order valence-electron chi connectivity index (χ3n) is 4.78. The second-order valence-corrected chi connectivity index (χ2v) is 8.76. The number of rotatable bonds is 4. The minimum atomic E-state index is -0.492. The number of anilines is 1. The predicted molar refractivity (Wildman–Crippen MR) is 117 cm³/mol. The van der Waals surface area contributed by atoms with Gasteiger partial charge in [0.2, 0.25) is 5.91 Å². The van der Waals surface area contributed by atoms with E-state index in [0.29, 0.717) is 4.47 Å². The van der Waals surface area contributed by atoms with Gasteiger partial charge < -0.3 is 15.5 Å². The summed E-state index contributed by atoms with van der Waals surface area (Å²) in [6.45, 7) is 2.00. The molecular weight excluding hydrogens is 457 g/mol. The molecule has 0 bridgehead atoms. The van der Waals surface area contributed by atoms with Crippen molar-refractivity contribution in [2.24, 2.45) is 0 Å². The Morgan fingerprint density at radius 2 is 1.97 bits per heavy atom. The van der Waals surface area contributed by atoms with Crippen molar-refractivity contribution < 1.29 is 13.9 Å². The number of nitrogens with one attached hydrogen (secondary N) is 2. The molecule has 150 valence electrons. The van der Waals surface area contributed by atoms with Crippen LogP contribution in [0.3, 0.4) is 0 Å². The molecule has 0 aliphatic carbocycles. The molecule has 1 amide bonds. The standard InChI is InChI=1S/C21H19BrFN3O2S/c1-12-3-10-18-26(12)25-19(13-4-7-15(28-2)8-5-13)20(29-18)21(27)24-17-9-6-14(22)11-16(17)23/h3-11,19-20,25H,1-2H3,(H,24,27). The van der Waals surface area contributed by atoms with Crippen molar-refractivity contribution in [3.63, 3.8) is 0 Å².